The summed E-state index contributed by atoms with van der Waals surface area (Å²) >= 11 is 0. The Morgan fingerprint density at radius 1 is 1.09 bits per heavy atom. The second kappa shape index (κ2) is 8.75. The van der Waals surface area contributed by atoms with Crippen LogP contribution in [0.25, 0.3) is 5.69 Å². The molecule has 8 nitrogen and oxygen atoms in total. The number of rotatable bonds is 5. The van der Waals surface area contributed by atoms with E-state index in [1.807, 2.05) is 31.2 Å². The highest BCUT2D eigenvalue weighted by atomic mass is 16.3. The summed E-state index contributed by atoms with van der Waals surface area (Å²) in [5.41, 5.74) is 4.60. The molecule has 3 aliphatic rings. The second-order valence-corrected chi connectivity index (χ2v) is 9.70. The van der Waals surface area contributed by atoms with Crippen molar-refractivity contribution in [3.63, 3.8) is 0 Å². The number of hydrogen-bond acceptors (Lipinski definition) is 7. The van der Waals surface area contributed by atoms with Crippen LogP contribution in [0.3, 0.4) is 0 Å². The van der Waals surface area contributed by atoms with E-state index in [4.69, 9.17) is 0 Å². The van der Waals surface area contributed by atoms with Crippen molar-refractivity contribution in [3.05, 3.63) is 47.4 Å². The van der Waals surface area contributed by atoms with Crippen molar-refractivity contribution >= 4 is 5.78 Å². The molecule has 170 valence electrons. The number of benzene rings is 1. The van der Waals surface area contributed by atoms with Crippen molar-refractivity contribution in [1.82, 2.24) is 30.0 Å². The zero-order valence-electron chi connectivity index (χ0n) is 18.8. The fourth-order valence-electron chi connectivity index (χ4n) is 5.61. The number of nitrogens with zero attached hydrogens (tertiary/aromatic N) is 6. The Morgan fingerprint density at radius 3 is 2.47 bits per heavy atom. The molecular formula is C24H32N6O2. The average molecular weight is 437 g/mol. The number of allylic oxidation sites excluding steroid dienone is 2. The van der Waals surface area contributed by atoms with Gasteiger partial charge in [-0.1, -0.05) is 6.07 Å². The van der Waals surface area contributed by atoms with E-state index < -0.39 is 6.10 Å². The van der Waals surface area contributed by atoms with Gasteiger partial charge in [-0.25, -0.2) is 4.68 Å². The van der Waals surface area contributed by atoms with E-state index >= 15 is 0 Å². The van der Waals surface area contributed by atoms with Gasteiger partial charge in [0.15, 0.2) is 5.78 Å². The Bertz CT molecular complexity index is 984. The lowest BCUT2D eigenvalue weighted by Crippen LogP contribution is -2.47. The molecule has 1 aliphatic carbocycles. The molecule has 1 unspecified atom stereocenters. The van der Waals surface area contributed by atoms with Crippen molar-refractivity contribution in [2.24, 2.45) is 5.41 Å². The number of aliphatic hydroxyl groups excluding tert-OH is 1. The summed E-state index contributed by atoms with van der Waals surface area (Å²) in [7, 11) is 0. The van der Waals surface area contributed by atoms with Gasteiger partial charge in [-0.3, -0.25) is 4.79 Å². The van der Waals surface area contributed by atoms with Crippen LogP contribution in [0.4, 0.5) is 0 Å². The molecule has 0 amide bonds. The number of carbonyl (C=O) groups excluding carboxylic acids is 1. The first-order valence-corrected chi connectivity index (χ1v) is 11.7. The fourth-order valence-corrected chi connectivity index (χ4v) is 5.61. The minimum atomic E-state index is -0.499. The first-order chi connectivity index (χ1) is 15.5. The normalized spacial score (nSPS) is 22.4. The summed E-state index contributed by atoms with van der Waals surface area (Å²) in [6, 6.07) is 5.95. The number of aryl methyl sites for hydroxylation is 1. The predicted molar refractivity (Wildman–Crippen MR) is 120 cm³/mol. The molecule has 2 fully saturated rings. The summed E-state index contributed by atoms with van der Waals surface area (Å²) in [5, 5.41) is 22.2. The van der Waals surface area contributed by atoms with E-state index in [0.29, 0.717) is 18.4 Å². The first kappa shape index (κ1) is 21.3. The number of aromatic nitrogens is 4. The van der Waals surface area contributed by atoms with E-state index in [0.717, 1.165) is 49.4 Å². The minimum absolute atomic E-state index is 0.285. The quantitative estimate of drug-likeness (QED) is 0.770. The SMILES string of the molecule is Cc1cc(-n2cnnn2)ccc1C(O)CN1CCC2(CC1)CCN(C1=CC(=O)CC1)CC2. The molecule has 1 N–H and O–H groups in total. The molecule has 3 heterocycles. The van der Waals surface area contributed by atoms with Crippen LogP contribution in [0.1, 0.15) is 55.8 Å². The predicted octanol–water partition coefficient (Wildman–Crippen LogP) is 2.43. The van der Waals surface area contributed by atoms with Crippen molar-refractivity contribution in [3.8, 4) is 5.69 Å². The number of hydrogen-bond donors (Lipinski definition) is 1. The van der Waals surface area contributed by atoms with E-state index in [1.54, 1.807) is 11.0 Å². The summed E-state index contributed by atoms with van der Waals surface area (Å²) in [6.45, 7) is 6.93. The highest BCUT2D eigenvalue weighted by Gasteiger charge is 2.38. The lowest BCUT2D eigenvalue weighted by Gasteiger charge is -2.48. The Balaban J connectivity index is 1.14. The van der Waals surface area contributed by atoms with Crippen LogP contribution in [0, 0.1) is 12.3 Å². The molecule has 2 aromatic rings. The zero-order chi connectivity index (χ0) is 22.1. The number of ketones is 1. The molecule has 1 atom stereocenters. The van der Waals surface area contributed by atoms with Gasteiger partial charge in [-0.2, -0.15) is 0 Å². The molecule has 1 aromatic carbocycles. The Labute approximate surface area is 188 Å². The largest absolute Gasteiger partial charge is 0.387 e. The van der Waals surface area contributed by atoms with Gasteiger partial charge in [0.25, 0.3) is 0 Å². The average Bonchev–Trinajstić information content (AvgIpc) is 3.48. The van der Waals surface area contributed by atoms with Gasteiger partial charge in [0.1, 0.15) is 6.33 Å². The maximum Gasteiger partial charge on any atom is 0.157 e. The van der Waals surface area contributed by atoms with Gasteiger partial charge < -0.3 is 14.9 Å². The molecule has 8 heteroatoms. The summed E-state index contributed by atoms with van der Waals surface area (Å²) < 4.78 is 1.62. The van der Waals surface area contributed by atoms with Gasteiger partial charge in [-0.05, 0) is 91.2 Å². The Kier molecular flexibility index (Phi) is 5.82. The lowest BCUT2D eigenvalue weighted by atomic mass is 9.71. The Hall–Kier alpha value is -2.58. The van der Waals surface area contributed by atoms with Gasteiger partial charge in [0, 0.05) is 37.8 Å². The Morgan fingerprint density at radius 2 is 1.84 bits per heavy atom. The van der Waals surface area contributed by atoms with Crippen molar-refractivity contribution in [1.29, 1.82) is 0 Å². The van der Waals surface area contributed by atoms with Gasteiger partial charge >= 0.3 is 0 Å². The van der Waals surface area contributed by atoms with E-state index in [9.17, 15) is 9.90 Å². The fraction of sp³-hybridized carbons (Fsp3) is 0.583. The molecule has 0 radical (unpaired) electrons. The molecular weight excluding hydrogens is 404 g/mol. The number of carbonyl (C=O) groups is 1. The number of piperidine rings is 2. The van der Waals surface area contributed by atoms with E-state index in [2.05, 4.69) is 25.3 Å². The summed E-state index contributed by atoms with van der Waals surface area (Å²) in [6.07, 6.45) is 9.37. The molecule has 0 bridgehead atoms. The van der Waals surface area contributed by atoms with Gasteiger partial charge in [0.2, 0.25) is 0 Å². The molecule has 5 rings (SSSR count). The minimum Gasteiger partial charge on any atom is -0.387 e. The third kappa shape index (κ3) is 4.34. The third-order valence-electron chi connectivity index (χ3n) is 7.76. The number of aliphatic hydroxyl groups is 1. The maximum absolute atomic E-state index is 11.6. The highest BCUT2D eigenvalue weighted by molar-refractivity contribution is 5.92. The van der Waals surface area contributed by atoms with Crippen LogP contribution in [-0.2, 0) is 4.79 Å². The molecule has 1 spiro atoms. The van der Waals surface area contributed by atoms with Gasteiger partial charge in [0.05, 0.1) is 11.8 Å². The van der Waals surface area contributed by atoms with E-state index in [1.165, 1.54) is 31.4 Å². The molecule has 32 heavy (non-hydrogen) atoms. The van der Waals surface area contributed by atoms with Crippen LogP contribution in [0.5, 0.6) is 0 Å². The van der Waals surface area contributed by atoms with Crippen molar-refractivity contribution in [2.75, 3.05) is 32.7 Å². The van der Waals surface area contributed by atoms with Crippen LogP contribution >= 0.6 is 0 Å². The van der Waals surface area contributed by atoms with E-state index in [-0.39, 0.29) is 5.78 Å². The second-order valence-electron chi connectivity index (χ2n) is 9.70. The third-order valence-corrected chi connectivity index (χ3v) is 7.76. The topological polar surface area (TPSA) is 87.4 Å². The maximum atomic E-state index is 11.6. The zero-order valence-corrected chi connectivity index (χ0v) is 18.8. The van der Waals surface area contributed by atoms with Crippen LogP contribution in [0.15, 0.2) is 36.3 Å². The van der Waals surface area contributed by atoms with Crippen LogP contribution < -0.4 is 0 Å². The molecule has 2 saturated heterocycles. The standard InChI is InChI=1S/C24H32N6O2/c1-18-14-20(30-17-25-26-27-30)3-5-22(18)23(32)16-28-10-6-24(7-11-28)8-12-29(13-9-24)19-2-4-21(31)15-19/h3,5,14-15,17,23,32H,2,4,6-13,16H2,1H3. The van der Waals surface area contributed by atoms with Crippen LogP contribution in [0.2, 0.25) is 0 Å². The highest BCUT2D eigenvalue weighted by Crippen LogP contribution is 2.42. The van der Waals surface area contributed by atoms with Crippen LogP contribution in [-0.4, -0.2) is 73.6 Å². The molecule has 2 aliphatic heterocycles. The first-order valence-electron chi connectivity index (χ1n) is 11.7. The summed E-state index contributed by atoms with van der Waals surface area (Å²) in [5.74, 6) is 0.285. The number of tetrazole rings is 1. The number of likely N-dealkylation sites (tertiary alicyclic amines) is 2. The molecule has 0 saturated carbocycles. The lowest BCUT2D eigenvalue weighted by molar-refractivity contribution is -0.114. The monoisotopic (exact) mass is 436 g/mol. The van der Waals surface area contributed by atoms with Crippen molar-refractivity contribution in [2.45, 2.75) is 51.6 Å². The summed E-state index contributed by atoms with van der Waals surface area (Å²) in [4.78, 5) is 16.4. The van der Waals surface area contributed by atoms with Crippen molar-refractivity contribution < 1.29 is 9.90 Å². The number of β-amino-alcohol motifs (C(OH)–C–C–N with tert-alkyl or cyclic N) is 1. The van der Waals surface area contributed by atoms with Gasteiger partial charge in [-0.15, -0.1) is 5.10 Å². The smallest absolute Gasteiger partial charge is 0.157 e. The molecule has 1 aromatic heterocycles.